The summed E-state index contributed by atoms with van der Waals surface area (Å²) in [6.45, 7) is -0.260. The number of nitro benzene ring substituents is 1. The predicted molar refractivity (Wildman–Crippen MR) is 87.2 cm³/mol. The smallest absolute Gasteiger partial charge is 0.311 e. The zero-order valence-electron chi connectivity index (χ0n) is 12.1. The molecule has 0 spiro atoms. The third kappa shape index (κ3) is 4.61. The number of nitro groups is 1. The Balaban J connectivity index is 1.85. The minimum atomic E-state index is -0.731. The van der Waals surface area contributed by atoms with E-state index in [0.717, 1.165) is 12.1 Å². The summed E-state index contributed by atoms with van der Waals surface area (Å²) in [5.41, 5.74) is 2.04. The van der Waals surface area contributed by atoms with Crippen LogP contribution in [0.1, 0.15) is 15.2 Å². The van der Waals surface area contributed by atoms with Crippen molar-refractivity contribution in [3.05, 3.63) is 56.3 Å². The van der Waals surface area contributed by atoms with Gasteiger partial charge in [-0.25, -0.2) is 5.43 Å². The van der Waals surface area contributed by atoms with Gasteiger partial charge in [-0.3, -0.25) is 19.7 Å². The lowest BCUT2D eigenvalue weighted by atomic mass is 10.2. The molecule has 10 heteroatoms. The molecule has 124 valence electrons. The highest BCUT2D eigenvalue weighted by Crippen LogP contribution is 2.25. The van der Waals surface area contributed by atoms with Crippen molar-refractivity contribution in [1.29, 1.82) is 0 Å². The highest BCUT2D eigenvalue weighted by Gasteiger charge is 2.13. The average Bonchev–Trinajstić information content (AvgIpc) is 3.08. The monoisotopic (exact) mass is 348 g/mol. The maximum atomic E-state index is 11.6. The molecule has 3 N–H and O–H groups in total. The summed E-state index contributed by atoms with van der Waals surface area (Å²) in [6.07, 6.45) is 1.19. The molecule has 1 aromatic heterocycles. The van der Waals surface area contributed by atoms with Crippen molar-refractivity contribution in [2.45, 2.75) is 0 Å². The zero-order valence-corrected chi connectivity index (χ0v) is 12.9. The molecule has 0 saturated heterocycles. The van der Waals surface area contributed by atoms with Crippen molar-refractivity contribution in [2.75, 3.05) is 6.54 Å². The molecule has 0 fully saturated rings. The van der Waals surface area contributed by atoms with Gasteiger partial charge in [0.2, 0.25) is 0 Å². The van der Waals surface area contributed by atoms with Gasteiger partial charge in [0.15, 0.2) is 5.75 Å². The first-order valence-electron chi connectivity index (χ1n) is 6.58. The fourth-order valence-corrected chi connectivity index (χ4v) is 2.28. The normalized spacial score (nSPS) is 10.5. The highest BCUT2D eigenvalue weighted by molar-refractivity contribution is 7.12. The third-order valence-corrected chi connectivity index (χ3v) is 3.62. The maximum absolute atomic E-state index is 11.6. The molecule has 0 aliphatic carbocycles. The van der Waals surface area contributed by atoms with E-state index in [1.165, 1.54) is 23.6 Å². The molecule has 0 radical (unpaired) electrons. The van der Waals surface area contributed by atoms with Crippen LogP contribution in [-0.2, 0) is 4.79 Å². The summed E-state index contributed by atoms with van der Waals surface area (Å²) in [4.78, 5) is 33.6. The van der Waals surface area contributed by atoms with Crippen LogP contribution in [-0.4, -0.2) is 34.6 Å². The first-order chi connectivity index (χ1) is 11.5. The number of thiophene rings is 1. The van der Waals surface area contributed by atoms with E-state index in [4.69, 9.17) is 0 Å². The van der Waals surface area contributed by atoms with E-state index >= 15 is 0 Å². The minimum Gasteiger partial charge on any atom is -0.502 e. The van der Waals surface area contributed by atoms with E-state index in [-0.39, 0.29) is 12.5 Å². The van der Waals surface area contributed by atoms with Crippen molar-refractivity contribution in [3.8, 4) is 5.75 Å². The number of rotatable bonds is 6. The summed E-state index contributed by atoms with van der Waals surface area (Å²) in [6, 6.07) is 7.03. The summed E-state index contributed by atoms with van der Waals surface area (Å²) < 4.78 is 0. The zero-order chi connectivity index (χ0) is 17.5. The Hall–Kier alpha value is -3.27. The van der Waals surface area contributed by atoms with Crippen LogP contribution in [0, 0.1) is 10.1 Å². The Morgan fingerprint density at radius 1 is 1.38 bits per heavy atom. The molecule has 0 unspecified atom stereocenters. The molecule has 0 atom stereocenters. The van der Waals surface area contributed by atoms with Gasteiger partial charge in [-0.1, -0.05) is 6.07 Å². The molecule has 9 nitrogen and oxygen atoms in total. The fraction of sp³-hybridized carbons (Fsp3) is 0.0714. The number of hydrogen-bond acceptors (Lipinski definition) is 7. The second kappa shape index (κ2) is 7.83. The van der Waals surface area contributed by atoms with E-state index in [2.05, 4.69) is 15.8 Å². The molecule has 24 heavy (non-hydrogen) atoms. The van der Waals surface area contributed by atoms with E-state index in [1.54, 1.807) is 17.5 Å². The lowest BCUT2D eigenvalue weighted by molar-refractivity contribution is -0.385. The number of benzene rings is 1. The minimum absolute atomic E-state index is 0.260. The first-order valence-corrected chi connectivity index (χ1v) is 7.46. The van der Waals surface area contributed by atoms with E-state index in [0.29, 0.717) is 10.4 Å². The molecule has 1 aromatic carbocycles. The van der Waals surface area contributed by atoms with Crippen LogP contribution in [0.15, 0.2) is 40.8 Å². The largest absolute Gasteiger partial charge is 0.502 e. The summed E-state index contributed by atoms with van der Waals surface area (Å²) >= 11 is 1.25. The van der Waals surface area contributed by atoms with Gasteiger partial charge in [-0.15, -0.1) is 11.3 Å². The molecule has 0 saturated carbocycles. The molecular weight excluding hydrogens is 336 g/mol. The topological polar surface area (TPSA) is 134 Å². The predicted octanol–water partition coefficient (Wildman–Crippen LogP) is 1.24. The van der Waals surface area contributed by atoms with Crippen LogP contribution in [0.4, 0.5) is 5.69 Å². The summed E-state index contributed by atoms with van der Waals surface area (Å²) in [7, 11) is 0. The Morgan fingerprint density at radius 3 is 2.83 bits per heavy atom. The number of nitrogens with zero attached hydrogens (tertiary/aromatic N) is 2. The Bertz CT molecular complexity index is 788. The number of hydrogen-bond donors (Lipinski definition) is 3. The van der Waals surface area contributed by atoms with E-state index < -0.39 is 22.3 Å². The third-order valence-electron chi connectivity index (χ3n) is 2.75. The molecule has 2 rings (SSSR count). The van der Waals surface area contributed by atoms with Crippen LogP contribution < -0.4 is 10.7 Å². The number of carbonyl (C=O) groups is 2. The SMILES string of the molecule is O=C(CNC(=O)c1cccs1)NN=Cc1ccc(O)c([N+](=O)[O-])c1. The van der Waals surface area contributed by atoms with Gasteiger partial charge in [0.25, 0.3) is 11.8 Å². The van der Waals surface area contributed by atoms with Crippen molar-refractivity contribution in [1.82, 2.24) is 10.7 Å². The van der Waals surface area contributed by atoms with Crippen LogP contribution in [0.5, 0.6) is 5.75 Å². The number of amides is 2. The average molecular weight is 348 g/mol. The standard InChI is InChI=1S/C14H12N4O5S/c19-11-4-3-9(6-10(11)18(22)23)7-16-17-13(20)8-15-14(21)12-2-1-5-24-12/h1-7,19H,8H2,(H,15,21)(H,17,20). The Kier molecular flexibility index (Phi) is 5.58. The van der Waals surface area contributed by atoms with Crippen molar-refractivity contribution in [2.24, 2.45) is 5.10 Å². The van der Waals surface area contributed by atoms with Crippen LogP contribution in [0.3, 0.4) is 0 Å². The van der Waals surface area contributed by atoms with Crippen LogP contribution in [0.25, 0.3) is 0 Å². The van der Waals surface area contributed by atoms with Gasteiger partial charge >= 0.3 is 5.69 Å². The molecule has 0 aliphatic rings. The van der Waals surface area contributed by atoms with Gasteiger partial charge in [0.05, 0.1) is 22.6 Å². The number of aromatic hydroxyl groups is 1. The lowest BCUT2D eigenvalue weighted by Gasteiger charge is -2.02. The summed E-state index contributed by atoms with van der Waals surface area (Å²) in [5.74, 6) is -1.37. The van der Waals surface area contributed by atoms with Gasteiger partial charge in [0.1, 0.15) is 0 Å². The Labute approximate surface area is 139 Å². The van der Waals surface area contributed by atoms with Gasteiger partial charge < -0.3 is 10.4 Å². The second-order valence-electron chi connectivity index (χ2n) is 4.46. The molecule has 2 aromatic rings. The maximum Gasteiger partial charge on any atom is 0.311 e. The fourth-order valence-electron chi connectivity index (χ4n) is 1.64. The van der Waals surface area contributed by atoms with E-state index in [1.807, 2.05) is 0 Å². The Morgan fingerprint density at radius 2 is 2.17 bits per heavy atom. The number of carbonyl (C=O) groups excluding carboxylic acids is 2. The van der Waals surface area contributed by atoms with Crippen molar-refractivity contribution >= 4 is 35.1 Å². The van der Waals surface area contributed by atoms with Gasteiger partial charge in [-0.2, -0.15) is 5.10 Å². The molecular formula is C14H12N4O5S. The summed E-state index contributed by atoms with van der Waals surface area (Å²) in [5, 5.41) is 27.8. The number of phenolic OH excluding ortho intramolecular Hbond substituents is 1. The molecule has 1 heterocycles. The van der Waals surface area contributed by atoms with Crippen molar-refractivity contribution in [3.63, 3.8) is 0 Å². The number of nitrogens with one attached hydrogen (secondary N) is 2. The number of phenols is 1. The van der Waals surface area contributed by atoms with Gasteiger partial charge in [-0.05, 0) is 23.6 Å². The molecule has 0 aliphatic heterocycles. The van der Waals surface area contributed by atoms with Crippen LogP contribution >= 0.6 is 11.3 Å². The van der Waals surface area contributed by atoms with Crippen molar-refractivity contribution < 1.29 is 19.6 Å². The van der Waals surface area contributed by atoms with Crippen LogP contribution in [0.2, 0.25) is 0 Å². The van der Waals surface area contributed by atoms with E-state index in [9.17, 15) is 24.8 Å². The van der Waals surface area contributed by atoms with Gasteiger partial charge in [0, 0.05) is 11.6 Å². The second-order valence-corrected chi connectivity index (χ2v) is 5.41. The lowest BCUT2D eigenvalue weighted by Crippen LogP contribution is -2.34. The quantitative estimate of drug-likeness (QED) is 0.410. The number of hydrazone groups is 1. The molecule has 2 amide bonds. The molecule has 0 bridgehead atoms. The highest BCUT2D eigenvalue weighted by atomic mass is 32.1. The first kappa shape index (κ1) is 17.1.